The number of rotatable bonds is 4. The van der Waals surface area contributed by atoms with Gasteiger partial charge in [-0.15, -0.1) is 0 Å². The van der Waals surface area contributed by atoms with Crippen molar-refractivity contribution in [1.29, 1.82) is 0 Å². The van der Waals surface area contributed by atoms with Crippen LogP contribution in [0.2, 0.25) is 0 Å². The van der Waals surface area contributed by atoms with Crippen LogP contribution in [0.5, 0.6) is 0 Å². The zero-order valence-corrected chi connectivity index (χ0v) is 8.89. The summed E-state index contributed by atoms with van der Waals surface area (Å²) in [6.45, 7) is 0. The Morgan fingerprint density at radius 3 is 2.60 bits per heavy atom. The summed E-state index contributed by atoms with van der Waals surface area (Å²) in [5.41, 5.74) is 2.82. The van der Waals surface area contributed by atoms with E-state index in [1.54, 1.807) is 12.4 Å². The van der Waals surface area contributed by atoms with E-state index in [4.69, 9.17) is 5.84 Å². The van der Waals surface area contributed by atoms with E-state index in [2.05, 4.69) is 15.4 Å². The molecule has 0 spiro atoms. The van der Waals surface area contributed by atoms with Gasteiger partial charge in [-0.3, -0.25) is 5.84 Å². The second kappa shape index (κ2) is 5.19. The molecular formula is C11H18N4. The van der Waals surface area contributed by atoms with Crippen molar-refractivity contribution >= 4 is 0 Å². The van der Waals surface area contributed by atoms with E-state index in [-0.39, 0.29) is 6.04 Å². The van der Waals surface area contributed by atoms with E-state index in [0.717, 1.165) is 18.2 Å². The maximum Gasteiger partial charge on any atom is 0.146 e. The zero-order valence-electron chi connectivity index (χ0n) is 8.89. The first-order valence-corrected chi connectivity index (χ1v) is 5.63. The summed E-state index contributed by atoms with van der Waals surface area (Å²) >= 11 is 0. The van der Waals surface area contributed by atoms with Crippen LogP contribution in [0.4, 0.5) is 0 Å². The summed E-state index contributed by atoms with van der Waals surface area (Å²) in [6, 6.07) is 1.93. The summed E-state index contributed by atoms with van der Waals surface area (Å²) in [6.07, 6.45) is 9.95. The molecule has 0 radical (unpaired) electrons. The average molecular weight is 206 g/mol. The second-order valence-corrected chi connectivity index (χ2v) is 4.21. The maximum atomic E-state index is 5.55. The topological polar surface area (TPSA) is 63.8 Å². The Hall–Kier alpha value is -1.00. The average Bonchev–Trinajstić information content (AvgIpc) is 2.80. The van der Waals surface area contributed by atoms with Crippen LogP contribution in [0.3, 0.4) is 0 Å². The van der Waals surface area contributed by atoms with Gasteiger partial charge in [0.25, 0.3) is 0 Å². The molecule has 1 heterocycles. The molecular weight excluding hydrogens is 188 g/mol. The highest BCUT2D eigenvalue weighted by Crippen LogP contribution is 2.31. The molecule has 0 amide bonds. The molecule has 0 aromatic carbocycles. The molecule has 1 aromatic heterocycles. The number of hydrogen-bond donors (Lipinski definition) is 2. The van der Waals surface area contributed by atoms with Crippen molar-refractivity contribution in [2.45, 2.75) is 38.1 Å². The Balaban J connectivity index is 1.97. The minimum absolute atomic E-state index is 0.106. The van der Waals surface area contributed by atoms with E-state index in [1.165, 1.54) is 25.7 Å². The molecule has 1 aliphatic rings. The molecule has 82 valence electrons. The minimum atomic E-state index is 0.106. The van der Waals surface area contributed by atoms with Gasteiger partial charge in [-0.1, -0.05) is 25.7 Å². The predicted molar refractivity (Wildman–Crippen MR) is 58.7 cm³/mol. The lowest BCUT2D eigenvalue weighted by Crippen LogP contribution is -2.30. The van der Waals surface area contributed by atoms with Crippen LogP contribution < -0.4 is 11.3 Å². The first-order valence-electron chi connectivity index (χ1n) is 5.63. The Morgan fingerprint density at radius 2 is 2.00 bits per heavy atom. The van der Waals surface area contributed by atoms with Gasteiger partial charge in [-0.2, -0.15) is 0 Å². The normalized spacial score (nSPS) is 19.3. The molecule has 1 aliphatic carbocycles. The molecule has 1 unspecified atom stereocenters. The molecule has 3 N–H and O–H groups in total. The van der Waals surface area contributed by atoms with Crippen molar-refractivity contribution in [3.05, 3.63) is 24.3 Å². The number of aromatic nitrogens is 2. The van der Waals surface area contributed by atoms with Crippen LogP contribution in [0.25, 0.3) is 0 Å². The number of hydrogen-bond acceptors (Lipinski definition) is 4. The minimum Gasteiger partial charge on any atom is -0.271 e. The van der Waals surface area contributed by atoms with Crippen LogP contribution in [0, 0.1) is 5.92 Å². The van der Waals surface area contributed by atoms with Crippen LogP contribution >= 0.6 is 0 Å². The van der Waals surface area contributed by atoms with E-state index in [0.29, 0.717) is 0 Å². The third-order valence-corrected chi connectivity index (χ3v) is 3.14. The molecule has 4 heteroatoms. The molecule has 1 atom stereocenters. The fourth-order valence-corrected chi connectivity index (χ4v) is 2.32. The molecule has 4 nitrogen and oxygen atoms in total. The lowest BCUT2D eigenvalue weighted by Gasteiger charge is -2.17. The molecule has 1 aromatic rings. The second-order valence-electron chi connectivity index (χ2n) is 4.21. The van der Waals surface area contributed by atoms with Gasteiger partial charge in [0.1, 0.15) is 5.82 Å². The van der Waals surface area contributed by atoms with Crippen LogP contribution in [-0.4, -0.2) is 9.97 Å². The summed E-state index contributed by atoms with van der Waals surface area (Å²) < 4.78 is 0. The van der Waals surface area contributed by atoms with Crippen molar-refractivity contribution in [2.24, 2.45) is 11.8 Å². The van der Waals surface area contributed by atoms with E-state index in [1.807, 2.05) is 6.07 Å². The number of nitrogens with two attached hydrogens (primary N) is 1. The molecule has 0 saturated heterocycles. The van der Waals surface area contributed by atoms with E-state index >= 15 is 0 Å². The van der Waals surface area contributed by atoms with Crippen molar-refractivity contribution in [2.75, 3.05) is 0 Å². The van der Waals surface area contributed by atoms with Gasteiger partial charge in [-0.05, 0) is 18.4 Å². The van der Waals surface area contributed by atoms with Gasteiger partial charge in [-0.25, -0.2) is 15.4 Å². The van der Waals surface area contributed by atoms with Crippen molar-refractivity contribution < 1.29 is 0 Å². The van der Waals surface area contributed by atoms with Gasteiger partial charge in [0.05, 0.1) is 6.04 Å². The molecule has 2 rings (SSSR count). The molecule has 0 bridgehead atoms. The van der Waals surface area contributed by atoms with Gasteiger partial charge in [0.2, 0.25) is 0 Å². The SMILES string of the molecule is NNC(CC1CCCC1)c1ncccn1. The summed E-state index contributed by atoms with van der Waals surface area (Å²) in [7, 11) is 0. The highest BCUT2D eigenvalue weighted by molar-refractivity contribution is 4.96. The zero-order chi connectivity index (χ0) is 10.5. The monoisotopic (exact) mass is 206 g/mol. The van der Waals surface area contributed by atoms with Crippen molar-refractivity contribution in [1.82, 2.24) is 15.4 Å². The van der Waals surface area contributed by atoms with E-state index < -0.39 is 0 Å². The molecule has 15 heavy (non-hydrogen) atoms. The maximum absolute atomic E-state index is 5.55. The number of nitrogens with zero attached hydrogens (tertiary/aromatic N) is 2. The van der Waals surface area contributed by atoms with Gasteiger partial charge >= 0.3 is 0 Å². The first kappa shape index (κ1) is 10.5. The molecule has 0 aliphatic heterocycles. The standard InChI is InChI=1S/C11H18N4/c12-15-10(8-9-4-1-2-5-9)11-13-6-3-7-14-11/h3,6-7,9-10,15H,1-2,4-5,8,12H2. The smallest absolute Gasteiger partial charge is 0.146 e. The highest BCUT2D eigenvalue weighted by Gasteiger charge is 2.21. The Kier molecular flexibility index (Phi) is 3.64. The van der Waals surface area contributed by atoms with E-state index in [9.17, 15) is 0 Å². The Bertz CT molecular complexity index is 282. The fraction of sp³-hybridized carbons (Fsp3) is 0.636. The molecule has 1 saturated carbocycles. The van der Waals surface area contributed by atoms with Gasteiger partial charge < -0.3 is 0 Å². The van der Waals surface area contributed by atoms with Crippen LogP contribution in [-0.2, 0) is 0 Å². The number of nitrogens with one attached hydrogen (secondary N) is 1. The lowest BCUT2D eigenvalue weighted by molar-refractivity contribution is 0.387. The Morgan fingerprint density at radius 1 is 1.33 bits per heavy atom. The molecule has 1 fully saturated rings. The summed E-state index contributed by atoms with van der Waals surface area (Å²) in [4.78, 5) is 8.48. The third kappa shape index (κ3) is 2.73. The Labute approximate surface area is 90.3 Å². The van der Waals surface area contributed by atoms with Crippen molar-refractivity contribution in [3.8, 4) is 0 Å². The third-order valence-electron chi connectivity index (χ3n) is 3.14. The van der Waals surface area contributed by atoms with Gasteiger partial charge in [0, 0.05) is 12.4 Å². The largest absolute Gasteiger partial charge is 0.271 e. The first-order chi connectivity index (χ1) is 7.40. The van der Waals surface area contributed by atoms with Crippen molar-refractivity contribution in [3.63, 3.8) is 0 Å². The van der Waals surface area contributed by atoms with Crippen LogP contribution in [0.15, 0.2) is 18.5 Å². The fourth-order valence-electron chi connectivity index (χ4n) is 2.32. The summed E-state index contributed by atoms with van der Waals surface area (Å²) in [5.74, 6) is 7.15. The van der Waals surface area contributed by atoms with Gasteiger partial charge in [0.15, 0.2) is 0 Å². The van der Waals surface area contributed by atoms with Crippen LogP contribution in [0.1, 0.15) is 44.0 Å². The summed E-state index contributed by atoms with van der Waals surface area (Å²) in [5, 5.41) is 0. The quantitative estimate of drug-likeness (QED) is 0.579. The number of hydrazine groups is 1. The highest BCUT2D eigenvalue weighted by atomic mass is 15.2. The predicted octanol–water partition coefficient (Wildman–Crippen LogP) is 1.56. The lowest BCUT2D eigenvalue weighted by atomic mass is 9.98.